The smallest absolute Gasteiger partial charge is 0.267 e. The first-order chi connectivity index (χ1) is 11.2. The predicted molar refractivity (Wildman–Crippen MR) is 92.3 cm³/mol. The van der Waals surface area contributed by atoms with Crippen LogP contribution in [0, 0.1) is 0 Å². The van der Waals surface area contributed by atoms with E-state index in [0.717, 1.165) is 5.56 Å². The monoisotopic (exact) mass is 344 g/mol. The first kappa shape index (κ1) is 15.5. The Balaban J connectivity index is 1.71. The van der Waals surface area contributed by atoms with Gasteiger partial charge >= 0.3 is 0 Å². The van der Waals surface area contributed by atoms with Gasteiger partial charge in [0.2, 0.25) is 0 Å². The summed E-state index contributed by atoms with van der Waals surface area (Å²) in [5, 5.41) is 2.75. The van der Waals surface area contributed by atoms with Gasteiger partial charge in [0.25, 0.3) is 5.91 Å². The molecule has 1 amide bonds. The van der Waals surface area contributed by atoms with Crippen LogP contribution in [0.3, 0.4) is 0 Å². The summed E-state index contributed by atoms with van der Waals surface area (Å²) in [6, 6.07) is 16.7. The maximum Gasteiger partial charge on any atom is 0.267 e. The lowest BCUT2D eigenvalue weighted by Crippen LogP contribution is -2.12. The van der Waals surface area contributed by atoms with Crippen LogP contribution in [0.2, 0.25) is 4.34 Å². The van der Waals surface area contributed by atoms with Crippen LogP contribution in [0.15, 0.2) is 60.8 Å². The topological polar surface area (TPSA) is 51.2 Å². The van der Waals surface area contributed by atoms with Crippen molar-refractivity contribution >= 4 is 34.7 Å². The van der Waals surface area contributed by atoms with Gasteiger partial charge in [-0.05, 0) is 29.8 Å². The normalized spacial score (nSPS) is 10.3. The van der Waals surface area contributed by atoms with E-state index in [1.54, 1.807) is 30.5 Å². The number of benzene rings is 1. The van der Waals surface area contributed by atoms with Gasteiger partial charge in [0, 0.05) is 6.20 Å². The summed E-state index contributed by atoms with van der Waals surface area (Å²) in [5.41, 5.74) is 1.04. The van der Waals surface area contributed by atoms with E-state index in [0.29, 0.717) is 27.4 Å². The summed E-state index contributed by atoms with van der Waals surface area (Å²) in [6.07, 6.45) is 1.60. The van der Waals surface area contributed by atoms with E-state index in [1.807, 2.05) is 30.3 Å². The molecule has 2 aromatic heterocycles. The van der Waals surface area contributed by atoms with Gasteiger partial charge < -0.3 is 10.1 Å². The second-order valence-electron chi connectivity index (χ2n) is 4.68. The van der Waals surface area contributed by atoms with Crippen molar-refractivity contribution in [2.45, 2.75) is 6.61 Å². The SMILES string of the molecule is O=C(Nc1ncccc1OCc1ccccc1)c1ccc(Cl)s1. The average molecular weight is 345 g/mol. The van der Waals surface area contributed by atoms with Crippen molar-refractivity contribution in [1.82, 2.24) is 4.98 Å². The summed E-state index contributed by atoms with van der Waals surface area (Å²) < 4.78 is 6.33. The maximum atomic E-state index is 12.2. The standard InChI is InChI=1S/C17H13ClN2O2S/c18-15-9-8-14(23-15)17(21)20-16-13(7-4-10-19-16)22-11-12-5-2-1-3-6-12/h1-10H,11H2,(H,19,20,21). The number of nitrogens with zero attached hydrogens (tertiary/aromatic N) is 1. The molecule has 0 aliphatic carbocycles. The number of carbonyl (C=O) groups is 1. The Kier molecular flexibility index (Phi) is 4.90. The van der Waals surface area contributed by atoms with Gasteiger partial charge in [-0.15, -0.1) is 11.3 Å². The molecular formula is C17H13ClN2O2S. The number of hydrogen-bond donors (Lipinski definition) is 1. The lowest BCUT2D eigenvalue weighted by molar-refractivity contribution is 0.102. The fourth-order valence-corrected chi connectivity index (χ4v) is 2.88. The molecule has 0 atom stereocenters. The molecular weight excluding hydrogens is 332 g/mol. The number of carbonyl (C=O) groups excluding carboxylic acids is 1. The van der Waals surface area contributed by atoms with E-state index in [-0.39, 0.29) is 5.91 Å². The van der Waals surface area contributed by atoms with Crippen molar-refractivity contribution < 1.29 is 9.53 Å². The highest BCUT2D eigenvalue weighted by atomic mass is 35.5. The molecule has 0 unspecified atom stereocenters. The Labute approximate surface area is 142 Å². The number of nitrogens with one attached hydrogen (secondary N) is 1. The molecule has 23 heavy (non-hydrogen) atoms. The number of rotatable bonds is 5. The minimum absolute atomic E-state index is 0.259. The summed E-state index contributed by atoms with van der Waals surface area (Å²) >= 11 is 7.07. The van der Waals surface area contributed by atoms with Crippen LogP contribution in [0.4, 0.5) is 5.82 Å². The van der Waals surface area contributed by atoms with Crippen molar-refractivity contribution in [3.8, 4) is 5.75 Å². The zero-order valence-electron chi connectivity index (χ0n) is 12.0. The van der Waals surface area contributed by atoms with Gasteiger partial charge in [-0.3, -0.25) is 4.79 Å². The Morgan fingerprint density at radius 2 is 1.96 bits per heavy atom. The number of pyridine rings is 1. The van der Waals surface area contributed by atoms with Crippen LogP contribution < -0.4 is 10.1 Å². The van der Waals surface area contributed by atoms with Crippen molar-refractivity contribution in [3.05, 3.63) is 75.6 Å². The van der Waals surface area contributed by atoms with Crippen molar-refractivity contribution in [1.29, 1.82) is 0 Å². The van der Waals surface area contributed by atoms with Gasteiger partial charge in [0.05, 0.1) is 9.21 Å². The Morgan fingerprint density at radius 1 is 1.13 bits per heavy atom. The first-order valence-electron chi connectivity index (χ1n) is 6.91. The van der Waals surface area contributed by atoms with Gasteiger partial charge in [0.15, 0.2) is 11.6 Å². The third-order valence-electron chi connectivity index (χ3n) is 3.04. The Hall–Kier alpha value is -2.37. The molecule has 3 aromatic rings. The number of ether oxygens (including phenoxy) is 1. The van der Waals surface area contributed by atoms with Crippen LogP contribution >= 0.6 is 22.9 Å². The molecule has 0 spiro atoms. The van der Waals surface area contributed by atoms with E-state index >= 15 is 0 Å². The van der Waals surface area contributed by atoms with Crippen LogP contribution in [0.1, 0.15) is 15.2 Å². The molecule has 6 heteroatoms. The highest BCUT2D eigenvalue weighted by Crippen LogP contribution is 2.25. The molecule has 0 radical (unpaired) electrons. The molecule has 2 heterocycles. The molecule has 1 aromatic carbocycles. The van der Waals surface area contributed by atoms with Gasteiger partial charge in [0.1, 0.15) is 6.61 Å². The van der Waals surface area contributed by atoms with E-state index in [9.17, 15) is 4.79 Å². The Bertz CT molecular complexity index is 805. The minimum Gasteiger partial charge on any atom is -0.485 e. The third kappa shape index (κ3) is 4.09. The molecule has 0 saturated heterocycles. The summed E-state index contributed by atoms with van der Waals surface area (Å²) in [6.45, 7) is 0.403. The molecule has 116 valence electrons. The van der Waals surface area contributed by atoms with Crippen LogP contribution in [-0.4, -0.2) is 10.9 Å². The van der Waals surface area contributed by atoms with Crippen LogP contribution in [-0.2, 0) is 6.61 Å². The summed E-state index contributed by atoms with van der Waals surface area (Å²) in [4.78, 5) is 16.9. The summed E-state index contributed by atoms with van der Waals surface area (Å²) in [7, 11) is 0. The van der Waals surface area contributed by atoms with Crippen molar-refractivity contribution in [2.75, 3.05) is 5.32 Å². The molecule has 0 fully saturated rings. The number of thiophene rings is 1. The Morgan fingerprint density at radius 3 is 2.70 bits per heavy atom. The fraction of sp³-hybridized carbons (Fsp3) is 0.0588. The largest absolute Gasteiger partial charge is 0.485 e. The number of hydrogen-bond acceptors (Lipinski definition) is 4. The molecule has 0 saturated carbocycles. The van der Waals surface area contributed by atoms with Crippen LogP contribution in [0.25, 0.3) is 0 Å². The highest BCUT2D eigenvalue weighted by Gasteiger charge is 2.13. The second kappa shape index (κ2) is 7.26. The third-order valence-corrected chi connectivity index (χ3v) is 4.27. The molecule has 4 nitrogen and oxygen atoms in total. The van der Waals surface area contributed by atoms with Crippen molar-refractivity contribution in [3.63, 3.8) is 0 Å². The quantitative estimate of drug-likeness (QED) is 0.734. The van der Waals surface area contributed by atoms with Gasteiger partial charge in [-0.2, -0.15) is 0 Å². The fourth-order valence-electron chi connectivity index (χ4n) is 1.94. The van der Waals surface area contributed by atoms with E-state index < -0.39 is 0 Å². The van der Waals surface area contributed by atoms with E-state index in [2.05, 4.69) is 10.3 Å². The number of halogens is 1. The van der Waals surface area contributed by atoms with Gasteiger partial charge in [-0.25, -0.2) is 4.98 Å². The average Bonchev–Trinajstić information content (AvgIpc) is 3.02. The number of amides is 1. The van der Waals surface area contributed by atoms with E-state index in [4.69, 9.17) is 16.3 Å². The first-order valence-corrected chi connectivity index (χ1v) is 8.10. The molecule has 3 rings (SSSR count). The lowest BCUT2D eigenvalue weighted by Gasteiger charge is -2.11. The van der Waals surface area contributed by atoms with Crippen LogP contribution in [0.5, 0.6) is 5.75 Å². The minimum atomic E-state index is -0.259. The zero-order chi connectivity index (χ0) is 16.1. The van der Waals surface area contributed by atoms with Crippen molar-refractivity contribution in [2.24, 2.45) is 0 Å². The molecule has 0 aliphatic rings. The summed E-state index contributed by atoms with van der Waals surface area (Å²) in [5.74, 6) is 0.649. The number of anilines is 1. The molecule has 1 N–H and O–H groups in total. The highest BCUT2D eigenvalue weighted by molar-refractivity contribution is 7.18. The molecule has 0 aliphatic heterocycles. The lowest BCUT2D eigenvalue weighted by atomic mass is 10.2. The second-order valence-corrected chi connectivity index (χ2v) is 6.40. The zero-order valence-corrected chi connectivity index (χ0v) is 13.6. The predicted octanol–water partition coefficient (Wildman–Crippen LogP) is 4.63. The number of aromatic nitrogens is 1. The maximum absolute atomic E-state index is 12.2. The van der Waals surface area contributed by atoms with Gasteiger partial charge in [-0.1, -0.05) is 41.9 Å². The molecule has 0 bridgehead atoms. The van der Waals surface area contributed by atoms with E-state index in [1.165, 1.54) is 11.3 Å².